The summed E-state index contributed by atoms with van der Waals surface area (Å²) in [5.74, 6) is 2.69. The summed E-state index contributed by atoms with van der Waals surface area (Å²) in [6.07, 6.45) is 8.07. The highest BCUT2D eigenvalue weighted by atomic mass is 32.1. The van der Waals surface area contributed by atoms with Gasteiger partial charge >= 0.3 is 0 Å². The van der Waals surface area contributed by atoms with Crippen molar-refractivity contribution < 1.29 is 14.3 Å². The van der Waals surface area contributed by atoms with Crippen molar-refractivity contribution in [1.29, 1.82) is 0 Å². The first-order valence-electron chi connectivity index (χ1n) is 11.6. The fourth-order valence-corrected chi connectivity index (χ4v) is 7.93. The van der Waals surface area contributed by atoms with Crippen LogP contribution in [0.25, 0.3) is 0 Å². The third kappa shape index (κ3) is 3.39. The maximum atomic E-state index is 12.9. The molecule has 1 aromatic heterocycles. The number of rotatable bonds is 5. The van der Waals surface area contributed by atoms with E-state index in [-0.39, 0.29) is 23.7 Å². The van der Waals surface area contributed by atoms with E-state index >= 15 is 0 Å². The minimum absolute atomic E-state index is 0.0400. The lowest BCUT2D eigenvalue weighted by Crippen LogP contribution is -2.48. The smallest absolute Gasteiger partial charge is 0.231 e. The molecule has 7 nitrogen and oxygen atoms in total. The van der Waals surface area contributed by atoms with E-state index in [1.807, 2.05) is 24.3 Å². The van der Waals surface area contributed by atoms with Crippen molar-refractivity contribution in [3.63, 3.8) is 0 Å². The molecule has 1 saturated heterocycles. The molecule has 2 heterocycles. The van der Waals surface area contributed by atoms with Gasteiger partial charge in [0.15, 0.2) is 0 Å². The average molecular weight is 453 g/mol. The van der Waals surface area contributed by atoms with Crippen LogP contribution < -0.4 is 15.0 Å². The topological polar surface area (TPSA) is 84.4 Å². The number of benzene rings is 1. The lowest BCUT2D eigenvalue weighted by atomic mass is 9.50. The lowest BCUT2D eigenvalue weighted by Gasteiger charge is -2.55. The van der Waals surface area contributed by atoms with Gasteiger partial charge in [0.2, 0.25) is 16.9 Å². The van der Waals surface area contributed by atoms with E-state index in [4.69, 9.17) is 4.74 Å². The average Bonchev–Trinajstić information content (AvgIpc) is 3.40. The van der Waals surface area contributed by atoms with Gasteiger partial charge in [-0.2, -0.15) is 0 Å². The van der Waals surface area contributed by atoms with Crippen LogP contribution in [0.4, 0.5) is 10.8 Å². The zero-order chi connectivity index (χ0) is 21.9. The van der Waals surface area contributed by atoms with Gasteiger partial charge in [0.05, 0.1) is 13.0 Å². The second kappa shape index (κ2) is 7.54. The van der Waals surface area contributed by atoms with Gasteiger partial charge in [-0.25, -0.2) is 0 Å². The second-order valence-corrected chi connectivity index (χ2v) is 11.2. The van der Waals surface area contributed by atoms with Crippen molar-refractivity contribution in [1.82, 2.24) is 10.2 Å². The monoisotopic (exact) mass is 452 g/mol. The van der Waals surface area contributed by atoms with Crippen LogP contribution in [0.1, 0.15) is 50.0 Å². The molecule has 1 atom stereocenters. The van der Waals surface area contributed by atoms with Crippen molar-refractivity contribution in [2.45, 2.75) is 50.4 Å². The molecule has 8 heteroatoms. The van der Waals surface area contributed by atoms with Gasteiger partial charge < -0.3 is 15.0 Å². The SMILES string of the molecule is COc1ccc(N2CC(C(=O)Nc3nnc(C45CC6CC(CC(C6)C4)C5)s3)CC2=O)cc1. The standard InChI is InChI=1S/C24H28N4O3S/c1-31-19-4-2-18(3-5-19)28-13-17(9-20(28)29)21(30)25-23-27-26-22(32-23)24-10-14-6-15(11-24)8-16(7-14)12-24/h2-5,14-17H,6-13H2,1H3,(H,25,27,30). The van der Waals surface area contributed by atoms with Crippen molar-refractivity contribution in [3.05, 3.63) is 29.3 Å². The van der Waals surface area contributed by atoms with E-state index in [9.17, 15) is 9.59 Å². The zero-order valence-corrected chi connectivity index (χ0v) is 19.1. The van der Waals surface area contributed by atoms with Crippen LogP contribution in [0.2, 0.25) is 0 Å². The number of methoxy groups -OCH3 is 1. The summed E-state index contributed by atoms with van der Waals surface area (Å²) >= 11 is 1.54. The molecule has 0 radical (unpaired) electrons. The van der Waals surface area contributed by atoms with Gasteiger partial charge in [-0.15, -0.1) is 10.2 Å². The van der Waals surface area contributed by atoms with E-state index < -0.39 is 5.92 Å². The highest BCUT2D eigenvalue weighted by Gasteiger charge is 2.53. The lowest BCUT2D eigenvalue weighted by molar-refractivity contribution is -0.122. The molecule has 1 aromatic carbocycles. The van der Waals surface area contributed by atoms with E-state index in [2.05, 4.69) is 15.5 Å². The van der Waals surface area contributed by atoms with Crippen LogP contribution in [-0.2, 0) is 15.0 Å². The molecule has 32 heavy (non-hydrogen) atoms. The number of anilines is 2. The molecule has 4 bridgehead atoms. The molecule has 168 valence electrons. The third-order valence-corrected chi connectivity index (χ3v) is 9.11. The predicted molar refractivity (Wildman–Crippen MR) is 122 cm³/mol. The summed E-state index contributed by atoms with van der Waals surface area (Å²) in [7, 11) is 1.61. The largest absolute Gasteiger partial charge is 0.497 e. The fraction of sp³-hybridized carbons (Fsp3) is 0.583. The summed E-state index contributed by atoms with van der Waals surface area (Å²) in [6.45, 7) is 0.373. The Morgan fingerprint density at radius 1 is 1.09 bits per heavy atom. The molecule has 0 spiro atoms. The van der Waals surface area contributed by atoms with E-state index in [0.29, 0.717) is 11.7 Å². The Kier molecular flexibility index (Phi) is 4.75. The normalized spacial score (nSPS) is 33.0. The Morgan fingerprint density at radius 2 is 1.75 bits per heavy atom. The number of hydrogen-bond acceptors (Lipinski definition) is 6. The first-order valence-corrected chi connectivity index (χ1v) is 12.4. The Morgan fingerprint density at radius 3 is 2.38 bits per heavy atom. The molecule has 1 aliphatic heterocycles. The number of hydrogen-bond donors (Lipinski definition) is 1. The van der Waals surface area contributed by atoms with Crippen molar-refractivity contribution in [3.8, 4) is 5.75 Å². The summed E-state index contributed by atoms with van der Waals surface area (Å²) in [4.78, 5) is 27.1. The zero-order valence-electron chi connectivity index (χ0n) is 18.3. The minimum atomic E-state index is -0.392. The molecule has 4 aliphatic carbocycles. The Bertz CT molecular complexity index is 1010. The highest BCUT2D eigenvalue weighted by Crippen LogP contribution is 2.61. The van der Waals surface area contributed by atoms with Gasteiger partial charge in [0.25, 0.3) is 0 Å². The highest BCUT2D eigenvalue weighted by molar-refractivity contribution is 7.15. The minimum Gasteiger partial charge on any atom is -0.497 e. The first kappa shape index (κ1) is 20.1. The molecule has 2 aromatic rings. The number of carbonyl (C=O) groups excluding carboxylic acids is 2. The third-order valence-electron chi connectivity index (χ3n) is 8.03. The van der Waals surface area contributed by atoms with E-state index in [0.717, 1.165) is 34.2 Å². The van der Waals surface area contributed by atoms with Gasteiger partial charge in [0.1, 0.15) is 10.8 Å². The maximum Gasteiger partial charge on any atom is 0.231 e. The number of nitrogens with zero attached hydrogens (tertiary/aromatic N) is 3. The first-order chi connectivity index (χ1) is 15.5. The number of aromatic nitrogens is 2. The number of amides is 2. The van der Waals surface area contributed by atoms with Crippen LogP contribution >= 0.6 is 11.3 Å². The predicted octanol–water partition coefficient (Wildman–Crippen LogP) is 4.01. The maximum absolute atomic E-state index is 12.9. The second-order valence-electron chi connectivity index (χ2n) is 10.2. The van der Waals surface area contributed by atoms with Crippen molar-refractivity contribution in [2.24, 2.45) is 23.7 Å². The van der Waals surface area contributed by atoms with Gasteiger partial charge in [-0.3, -0.25) is 9.59 Å². The number of ether oxygens (including phenoxy) is 1. The summed E-state index contributed by atoms with van der Waals surface area (Å²) in [6, 6.07) is 7.34. The Balaban J connectivity index is 1.13. The molecule has 1 N–H and O–H groups in total. The summed E-state index contributed by atoms with van der Waals surface area (Å²) < 4.78 is 5.18. The molecular weight excluding hydrogens is 424 g/mol. The molecule has 5 fully saturated rings. The van der Waals surface area contributed by atoms with Gasteiger partial charge in [-0.1, -0.05) is 11.3 Å². The van der Waals surface area contributed by atoms with Gasteiger partial charge in [-0.05, 0) is 80.5 Å². The molecular formula is C24H28N4O3S. The molecule has 5 aliphatic rings. The van der Waals surface area contributed by atoms with Crippen LogP contribution in [0.15, 0.2) is 24.3 Å². The van der Waals surface area contributed by atoms with Gasteiger partial charge in [0, 0.05) is 24.1 Å². The molecule has 4 saturated carbocycles. The Labute approximate surface area is 191 Å². The van der Waals surface area contributed by atoms with Crippen LogP contribution in [0.5, 0.6) is 5.75 Å². The number of carbonyl (C=O) groups is 2. The van der Waals surface area contributed by atoms with Crippen LogP contribution in [-0.4, -0.2) is 35.7 Å². The van der Waals surface area contributed by atoms with Crippen molar-refractivity contribution in [2.75, 3.05) is 23.9 Å². The van der Waals surface area contributed by atoms with Crippen LogP contribution in [0.3, 0.4) is 0 Å². The Hall–Kier alpha value is -2.48. The molecule has 2 amide bonds. The molecule has 7 rings (SSSR count). The van der Waals surface area contributed by atoms with Crippen molar-refractivity contribution >= 4 is 34.0 Å². The van der Waals surface area contributed by atoms with E-state index in [1.165, 1.54) is 38.5 Å². The summed E-state index contributed by atoms with van der Waals surface area (Å²) in [5, 5.41) is 13.5. The number of nitrogens with one attached hydrogen (secondary N) is 1. The molecule has 1 unspecified atom stereocenters. The van der Waals surface area contributed by atoms with E-state index in [1.54, 1.807) is 23.3 Å². The van der Waals surface area contributed by atoms with Crippen LogP contribution in [0, 0.1) is 23.7 Å². The summed E-state index contributed by atoms with van der Waals surface area (Å²) in [5.41, 5.74) is 0.968. The fourth-order valence-electron chi connectivity index (χ4n) is 6.96. The quantitative estimate of drug-likeness (QED) is 0.741.